The highest BCUT2D eigenvalue weighted by Gasteiger charge is 2.18. The van der Waals surface area contributed by atoms with Gasteiger partial charge in [0.2, 0.25) is 0 Å². The smallest absolute Gasteiger partial charge is 0.0522 e. The number of halogens is 2. The van der Waals surface area contributed by atoms with Crippen LogP contribution in [0.25, 0.3) is 0 Å². The average molecular weight is 334 g/mol. The Balaban J connectivity index is 2.24. The maximum absolute atomic E-state index is 5.98. The van der Waals surface area contributed by atoms with Crippen molar-refractivity contribution in [3.05, 3.63) is 27.1 Å². The summed E-state index contributed by atoms with van der Waals surface area (Å²) in [6.45, 7) is 2.05. The van der Waals surface area contributed by atoms with Crippen molar-refractivity contribution in [2.45, 2.75) is 18.9 Å². The van der Waals surface area contributed by atoms with Crippen LogP contribution in [-0.2, 0) is 0 Å². The molecule has 1 aliphatic heterocycles. The first kappa shape index (κ1) is 11.4. The van der Waals surface area contributed by atoms with E-state index < -0.39 is 0 Å². The van der Waals surface area contributed by atoms with Gasteiger partial charge in [0, 0.05) is 28.1 Å². The van der Waals surface area contributed by atoms with E-state index in [1.807, 2.05) is 6.07 Å². The molecule has 1 saturated heterocycles. The highest BCUT2D eigenvalue weighted by molar-refractivity contribution is 9.11. The fourth-order valence-electron chi connectivity index (χ4n) is 1.96. The molecule has 2 N–H and O–H groups in total. The SMILES string of the molecule is NC1CCCN(c2cc(Br)ccc2Br)C1. The third kappa shape index (κ3) is 2.74. The maximum Gasteiger partial charge on any atom is 0.0522 e. The number of nitrogens with two attached hydrogens (primary N) is 1. The minimum absolute atomic E-state index is 0.310. The van der Waals surface area contributed by atoms with Crippen LogP contribution in [0.1, 0.15) is 12.8 Å². The molecule has 1 aromatic rings. The number of nitrogens with zero attached hydrogens (tertiary/aromatic N) is 1. The van der Waals surface area contributed by atoms with Gasteiger partial charge >= 0.3 is 0 Å². The lowest BCUT2D eigenvalue weighted by Crippen LogP contribution is -2.42. The summed E-state index contributed by atoms with van der Waals surface area (Å²) in [4.78, 5) is 2.35. The van der Waals surface area contributed by atoms with Crippen molar-refractivity contribution in [2.24, 2.45) is 5.73 Å². The number of anilines is 1. The molecule has 0 radical (unpaired) electrons. The Kier molecular flexibility index (Phi) is 3.69. The quantitative estimate of drug-likeness (QED) is 0.855. The standard InChI is InChI=1S/C11H14Br2N2/c12-8-3-4-10(13)11(6-8)15-5-1-2-9(14)7-15/h3-4,6,9H,1-2,5,7,14H2. The number of hydrogen-bond donors (Lipinski definition) is 1. The van der Waals surface area contributed by atoms with Gasteiger partial charge in [-0.3, -0.25) is 0 Å². The van der Waals surface area contributed by atoms with Crippen molar-refractivity contribution < 1.29 is 0 Å². The molecule has 2 nitrogen and oxygen atoms in total. The molecule has 15 heavy (non-hydrogen) atoms. The molecule has 1 fully saturated rings. The van der Waals surface area contributed by atoms with Gasteiger partial charge in [-0.1, -0.05) is 15.9 Å². The highest BCUT2D eigenvalue weighted by atomic mass is 79.9. The van der Waals surface area contributed by atoms with Crippen molar-refractivity contribution in [1.29, 1.82) is 0 Å². The first-order chi connectivity index (χ1) is 7.16. The van der Waals surface area contributed by atoms with E-state index in [-0.39, 0.29) is 0 Å². The van der Waals surface area contributed by atoms with E-state index >= 15 is 0 Å². The van der Waals surface area contributed by atoms with E-state index in [2.05, 4.69) is 48.9 Å². The van der Waals surface area contributed by atoms with E-state index in [1.165, 1.54) is 12.1 Å². The topological polar surface area (TPSA) is 29.3 Å². The molecule has 0 aliphatic carbocycles. The monoisotopic (exact) mass is 332 g/mol. The number of benzene rings is 1. The van der Waals surface area contributed by atoms with E-state index in [1.54, 1.807) is 0 Å². The summed E-state index contributed by atoms with van der Waals surface area (Å²) in [7, 11) is 0. The van der Waals surface area contributed by atoms with Crippen molar-refractivity contribution in [2.75, 3.05) is 18.0 Å². The third-order valence-electron chi connectivity index (χ3n) is 2.71. The second kappa shape index (κ2) is 4.85. The maximum atomic E-state index is 5.98. The van der Waals surface area contributed by atoms with Gasteiger partial charge in [0.05, 0.1) is 5.69 Å². The van der Waals surface area contributed by atoms with E-state index in [4.69, 9.17) is 5.73 Å². The molecular formula is C11H14Br2N2. The van der Waals surface area contributed by atoms with Crippen LogP contribution < -0.4 is 10.6 Å². The lowest BCUT2D eigenvalue weighted by Gasteiger charge is -2.33. The molecule has 1 aromatic carbocycles. The highest BCUT2D eigenvalue weighted by Crippen LogP contribution is 2.31. The van der Waals surface area contributed by atoms with Crippen LogP contribution in [0.15, 0.2) is 27.1 Å². The molecular weight excluding hydrogens is 320 g/mol. The molecule has 1 heterocycles. The Morgan fingerprint density at radius 3 is 2.87 bits per heavy atom. The first-order valence-corrected chi connectivity index (χ1v) is 6.71. The Hall–Kier alpha value is -0.0600. The summed E-state index contributed by atoms with van der Waals surface area (Å²) in [6.07, 6.45) is 2.32. The van der Waals surface area contributed by atoms with Crippen molar-refractivity contribution in [3.63, 3.8) is 0 Å². The summed E-state index contributed by atoms with van der Waals surface area (Å²) >= 11 is 7.08. The largest absolute Gasteiger partial charge is 0.369 e. The molecule has 4 heteroatoms. The molecule has 0 spiro atoms. The number of hydrogen-bond acceptors (Lipinski definition) is 2. The lowest BCUT2D eigenvalue weighted by atomic mass is 10.1. The van der Waals surface area contributed by atoms with Gasteiger partial charge in [0.1, 0.15) is 0 Å². The second-order valence-electron chi connectivity index (χ2n) is 3.94. The molecule has 0 bridgehead atoms. The van der Waals surface area contributed by atoms with Crippen molar-refractivity contribution >= 4 is 37.5 Å². The zero-order valence-electron chi connectivity index (χ0n) is 8.42. The number of rotatable bonds is 1. The van der Waals surface area contributed by atoms with Gasteiger partial charge < -0.3 is 10.6 Å². The summed E-state index contributed by atoms with van der Waals surface area (Å²) in [6, 6.07) is 6.56. The van der Waals surface area contributed by atoms with Crippen LogP contribution in [-0.4, -0.2) is 19.1 Å². The van der Waals surface area contributed by atoms with E-state index in [9.17, 15) is 0 Å². The Morgan fingerprint density at radius 1 is 1.33 bits per heavy atom. The van der Waals surface area contributed by atoms with Gasteiger partial charge in [0.15, 0.2) is 0 Å². The van der Waals surface area contributed by atoms with Crippen LogP contribution >= 0.6 is 31.9 Å². The van der Waals surface area contributed by atoms with Crippen LogP contribution in [0.2, 0.25) is 0 Å². The predicted octanol–water partition coefficient (Wildman–Crippen LogP) is 3.14. The minimum atomic E-state index is 0.310. The first-order valence-electron chi connectivity index (χ1n) is 5.12. The summed E-state index contributed by atoms with van der Waals surface area (Å²) in [5, 5.41) is 0. The Morgan fingerprint density at radius 2 is 2.13 bits per heavy atom. The van der Waals surface area contributed by atoms with E-state index in [0.717, 1.165) is 28.5 Å². The van der Waals surface area contributed by atoms with Crippen LogP contribution in [0.4, 0.5) is 5.69 Å². The number of piperidine rings is 1. The predicted molar refractivity (Wildman–Crippen MR) is 71.3 cm³/mol. The fourth-order valence-corrected chi connectivity index (χ4v) is 2.80. The Labute approximate surface area is 107 Å². The zero-order valence-corrected chi connectivity index (χ0v) is 11.6. The van der Waals surface area contributed by atoms with Crippen molar-refractivity contribution in [3.8, 4) is 0 Å². The average Bonchev–Trinajstić information content (AvgIpc) is 2.22. The van der Waals surface area contributed by atoms with Crippen LogP contribution in [0.5, 0.6) is 0 Å². The third-order valence-corrected chi connectivity index (χ3v) is 3.87. The normalized spacial score (nSPS) is 21.8. The van der Waals surface area contributed by atoms with Gasteiger partial charge in [-0.15, -0.1) is 0 Å². The molecule has 2 rings (SSSR count). The molecule has 0 aromatic heterocycles. The van der Waals surface area contributed by atoms with Gasteiger partial charge in [-0.25, -0.2) is 0 Å². The zero-order chi connectivity index (χ0) is 10.8. The molecule has 1 atom stereocenters. The van der Waals surface area contributed by atoms with Gasteiger partial charge in [0.25, 0.3) is 0 Å². The molecule has 1 unspecified atom stereocenters. The summed E-state index contributed by atoms with van der Waals surface area (Å²) in [5.41, 5.74) is 7.22. The van der Waals surface area contributed by atoms with Crippen molar-refractivity contribution in [1.82, 2.24) is 0 Å². The lowest BCUT2D eigenvalue weighted by molar-refractivity contribution is 0.505. The summed E-state index contributed by atoms with van der Waals surface area (Å²) in [5.74, 6) is 0. The van der Waals surface area contributed by atoms with Crippen LogP contribution in [0, 0.1) is 0 Å². The second-order valence-corrected chi connectivity index (χ2v) is 5.71. The summed E-state index contributed by atoms with van der Waals surface area (Å²) < 4.78 is 2.25. The van der Waals surface area contributed by atoms with Gasteiger partial charge in [-0.2, -0.15) is 0 Å². The molecule has 1 aliphatic rings. The van der Waals surface area contributed by atoms with E-state index in [0.29, 0.717) is 6.04 Å². The Bertz CT molecular complexity index is 354. The van der Waals surface area contributed by atoms with Crippen LogP contribution in [0.3, 0.4) is 0 Å². The fraction of sp³-hybridized carbons (Fsp3) is 0.455. The van der Waals surface area contributed by atoms with Gasteiger partial charge in [-0.05, 0) is 47.0 Å². The molecule has 0 amide bonds. The molecule has 0 saturated carbocycles. The molecule has 82 valence electrons. The minimum Gasteiger partial charge on any atom is -0.369 e.